The van der Waals surface area contributed by atoms with Crippen molar-refractivity contribution in [2.24, 2.45) is 0 Å². The molecular formula is C16H20N2O3. The molecule has 0 aliphatic carbocycles. The van der Waals surface area contributed by atoms with Gasteiger partial charge < -0.3 is 10.0 Å². The van der Waals surface area contributed by atoms with Crippen LogP contribution in [0.25, 0.3) is 0 Å². The summed E-state index contributed by atoms with van der Waals surface area (Å²) in [4.78, 5) is 26.7. The number of nitrogens with zero attached hydrogens (tertiary/aromatic N) is 2. The van der Waals surface area contributed by atoms with Crippen molar-refractivity contribution in [3.8, 4) is 0 Å². The minimum atomic E-state index is -0.945. The topological polar surface area (TPSA) is 60.9 Å². The quantitative estimate of drug-likeness (QED) is 0.807. The monoisotopic (exact) mass is 288 g/mol. The molecule has 0 saturated carbocycles. The van der Waals surface area contributed by atoms with Crippen LogP contribution in [-0.4, -0.2) is 47.6 Å². The van der Waals surface area contributed by atoms with Crippen molar-refractivity contribution >= 4 is 17.6 Å². The van der Waals surface area contributed by atoms with E-state index in [2.05, 4.69) is 6.58 Å². The van der Waals surface area contributed by atoms with Crippen LogP contribution in [0.5, 0.6) is 0 Å². The fourth-order valence-electron chi connectivity index (χ4n) is 2.77. The Kier molecular flexibility index (Phi) is 4.75. The molecule has 1 N–H and O–H groups in total. The van der Waals surface area contributed by atoms with Gasteiger partial charge in [0.25, 0.3) is 0 Å². The maximum absolute atomic E-state index is 12.5. The van der Waals surface area contributed by atoms with E-state index >= 15 is 0 Å². The number of fused-ring (bicyclic) bond motifs is 1. The van der Waals surface area contributed by atoms with Crippen molar-refractivity contribution in [1.82, 2.24) is 4.90 Å². The lowest BCUT2D eigenvalue weighted by molar-refractivity contribution is -0.138. The van der Waals surface area contributed by atoms with E-state index in [1.807, 2.05) is 31.2 Å². The first-order valence-corrected chi connectivity index (χ1v) is 6.98. The molecule has 1 aliphatic rings. The van der Waals surface area contributed by atoms with Crippen molar-refractivity contribution < 1.29 is 14.7 Å². The van der Waals surface area contributed by atoms with Crippen LogP contribution in [0.4, 0.5) is 5.69 Å². The second-order valence-corrected chi connectivity index (χ2v) is 5.30. The molecule has 112 valence electrons. The zero-order chi connectivity index (χ0) is 15.4. The standard InChI is InChI=1S/C16H20N2O3/c1-3-8-17(11-16(20)21)10-15(19)18-12(2)9-13-6-4-5-7-14(13)18/h3-7,12H,1,8-11H2,2H3,(H,20,21). The second kappa shape index (κ2) is 6.54. The molecule has 0 aromatic heterocycles. The van der Waals surface area contributed by atoms with Gasteiger partial charge in [-0.2, -0.15) is 0 Å². The van der Waals surface area contributed by atoms with Gasteiger partial charge in [0.2, 0.25) is 5.91 Å². The number of amides is 1. The van der Waals surface area contributed by atoms with Crippen LogP contribution in [0.2, 0.25) is 0 Å². The van der Waals surface area contributed by atoms with Gasteiger partial charge in [-0.3, -0.25) is 14.5 Å². The van der Waals surface area contributed by atoms with Gasteiger partial charge in [0.05, 0.1) is 13.1 Å². The van der Waals surface area contributed by atoms with E-state index in [-0.39, 0.29) is 25.0 Å². The van der Waals surface area contributed by atoms with E-state index in [0.717, 1.165) is 17.7 Å². The van der Waals surface area contributed by atoms with Gasteiger partial charge in [-0.15, -0.1) is 6.58 Å². The lowest BCUT2D eigenvalue weighted by Crippen LogP contribution is -2.44. The van der Waals surface area contributed by atoms with Gasteiger partial charge >= 0.3 is 5.97 Å². The second-order valence-electron chi connectivity index (χ2n) is 5.30. The van der Waals surface area contributed by atoms with Crippen LogP contribution < -0.4 is 4.90 Å². The minimum absolute atomic E-state index is 0.0736. The zero-order valence-electron chi connectivity index (χ0n) is 12.2. The van der Waals surface area contributed by atoms with Crippen molar-refractivity contribution in [2.75, 3.05) is 24.5 Å². The number of carbonyl (C=O) groups is 2. The van der Waals surface area contributed by atoms with E-state index in [1.54, 1.807) is 15.9 Å². The number of hydrogen-bond donors (Lipinski definition) is 1. The van der Waals surface area contributed by atoms with E-state index in [1.165, 1.54) is 0 Å². The summed E-state index contributed by atoms with van der Waals surface area (Å²) in [6, 6.07) is 7.94. The minimum Gasteiger partial charge on any atom is -0.480 e. The molecule has 1 atom stereocenters. The number of carbonyl (C=O) groups excluding carboxylic acids is 1. The van der Waals surface area contributed by atoms with Gasteiger partial charge in [0.1, 0.15) is 0 Å². The van der Waals surface area contributed by atoms with Crippen molar-refractivity contribution in [2.45, 2.75) is 19.4 Å². The summed E-state index contributed by atoms with van der Waals surface area (Å²) >= 11 is 0. The van der Waals surface area contributed by atoms with Gasteiger partial charge in [0.15, 0.2) is 0 Å². The Morgan fingerprint density at radius 2 is 2.14 bits per heavy atom. The van der Waals surface area contributed by atoms with Gasteiger partial charge in [0, 0.05) is 18.3 Å². The summed E-state index contributed by atoms with van der Waals surface area (Å²) in [6.07, 6.45) is 2.44. The number of carboxylic acid groups (broad SMARTS) is 1. The van der Waals surface area contributed by atoms with E-state index in [0.29, 0.717) is 6.54 Å². The SMILES string of the molecule is C=CCN(CC(=O)O)CC(=O)N1c2ccccc2CC1C. The third kappa shape index (κ3) is 3.49. The highest BCUT2D eigenvalue weighted by atomic mass is 16.4. The van der Waals surface area contributed by atoms with E-state index < -0.39 is 5.97 Å². The maximum Gasteiger partial charge on any atom is 0.317 e. The number of benzene rings is 1. The molecule has 5 heteroatoms. The van der Waals surface area contributed by atoms with E-state index in [9.17, 15) is 9.59 Å². The summed E-state index contributed by atoms with van der Waals surface area (Å²) in [5.74, 6) is -1.02. The van der Waals surface area contributed by atoms with E-state index in [4.69, 9.17) is 5.11 Å². The predicted octanol–water partition coefficient (Wildman–Crippen LogP) is 1.54. The summed E-state index contributed by atoms with van der Waals surface area (Å²) in [6.45, 7) is 5.90. The molecule has 0 spiro atoms. The fraction of sp³-hybridized carbons (Fsp3) is 0.375. The summed E-state index contributed by atoms with van der Waals surface area (Å²) in [7, 11) is 0. The Balaban J connectivity index is 2.12. The Morgan fingerprint density at radius 1 is 1.43 bits per heavy atom. The number of aliphatic carboxylic acids is 1. The summed E-state index contributed by atoms with van der Waals surface area (Å²) in [5, 5.41) is 8.90. The average molecular weight is 288 g/mol. The first-order valence-electron chi connectivity index (χ1n) is 6.98. The van der Waals surface area contributed by atoms with Crippen LogP contribution in [0.3, 0.4) is 0 Å². The Bertz CT molecular complexity index is 556. The van der Waals surface area contributed by atoms with Gasteiger partial charge in [-0.1, -0.05) is 24.3 Å². The van der Waals surface area contributed by atoms with Crippen LogP contribution in [0.15, 0.2) is 36.9 Å². The molecule has 0 radical (unpaired) electrons. The van der Waals surface area contributed by atoms with Gasteiger partial charge in [-0.05, 0) is 25.0 Å². The highest BCUT2D eigenvalue weighted by Crippen LogP contribution is 2.31. The first-order chi connectivity index (χ1) is 10.0. The lowest BCUT2D eigenvalue weighted by atomic mass is 10.1. The van der Waals surface area contributed by atoms with Crippen molar-refractivity contribution in [1.29, 1.82) is 0 Å². The molecule has 0 fully saturated rings. The predicted molar refractivity (Wildman–Crippen MR) is 81.4 cm³/mol. The highest BCUT2D eigenvalue weighted by molar-refractivity contribution is 5.97. The third-order valence-corrected chi connectivity index (χ3v) is 3.58. The first kappa shape index (κ1) is 15.3. The molecule has 2 rings (SSSR count). The number of hydrogen-bond acceptors (Lipinski definition) is 3. The molecule has 1 unspecified atom stereocenters. The number of anilines is 1. The van der Waals surface area contributed by atoms with Crippen LogP contribution in [0.1, 0.15) is 12.5 Å². The Hall–Kier alpha value is -2.14. The maximum atomic E-state index is 12.5. The molecule has 5 nitrogen and oxygen atoms in total. The molecule has 1 aliphatic heterocycles. The average Bonchev–Trinajstić information content (AvgIpc) is 2.73. The lowest BCUT2D eigenvalue weighted by Gasteiger charge is -2.26. The largest absolute Gasteiger partial charge is 0.480 e. The molecule has 0 bridgehead atoms. The number of rotatable bonds is 6. The summed E-state index contributed by atoms with van der Waals surface area (Å²) in [5.41, 5.74) is 2.09. The Labute approximate surface area is 124 Å². The normalized spacial score (nSPS) is 16.9. The molecule has 0 saturated heterocycles. The molecular weight excluding hydrogens is 268 g/mol. The van der Waals surface area contributed by atoms with Gasteiger partial charge in [-0.25, -0.2) is 0 Å². The molecule has 1 aromatic carbocycles. The molecule has 1 heterocycles. The smallest absolute Gasteiger partial charge is 0.317 e. The highest BCUT2D eigenvalue weighted by Gasteiger charge is 2.31. The number of carboxylic acids is 1. The zero-order valence-corrected chi connectivity index (χ0v) is 12.2. The van der Waals surface area contributed by atoms with Crippen molar-refractivity contribution in [3.63, 3.8) is 0 Å². The molecule has 21 heavy (non-hydrogen) atoms. The third-order valence-electron chi connectivity index (χ3n) is 3.58. The van der Waals surface area contributed by atoms with Crippen molar-refractivity contribution in [3.05, 3.63) is 42.5 Å². The summed E-state index contributed by atoms with van der Waals surface area (Å²) < 4.78 is 0. The van der Waals surface area contributed by atoms with Crippen LogP contribution in [-0.2, 0) is 16.0 Å². The van der Waals surface area contributed by atoms with Crippen LogP contribution in [0, 0.1) is 0 Å². The van der Waals surface area contributed by atoms with Crippen LogP contribution >= 0.6 is 0 Å². The molecule has 1 amide bonds. The molecule has 1 aromatic rings. The Morgan fingerprint density at radius 3 is 2.81 bits per heavy atom. The number of para-hydroxylation sites is 1. The fourth-order valence-corrected chi connectivity index (χ4v) is 2.77.